The minimum absolute atomic E-state index is 0.393. The van der Waals surface area contributed by atoms with E-state index in [1.165, 1.54) is 19.3 Å². The number of carbonyl (C=O) groups excluding carboxylic acids is 1. The SMILES string of the molecule is O=C(CC1CCOC1)C1CCCCC1. The molecule has 1 atom stereocenters. The molecule has 0 radical (unpaired) electrons. The molecule has 1 unspecified atom stereocenters. The molecule has 1 saturated heterocycles. The highest BCUT2D eigenvalue weighted by Crippen LogP contribution is 2.27. The van der Waals surface area contributed by atoms with Gasteiger partial charge in [-0.1, -0.05) is 19.3 Å². The Hall–Kier alpha value is -0.370. The summed E-state index contributed by atoms with van der Waals surface area (Å²) < 4.78 is 5.29. The molecule has 1 aliphatic carbocycles. The van der Waals surface area contributed by atoms with Crippen molar-refractivity contribution in [3.05, 3.63) is 0 Å². The van der Waals surface area contributed by atoms with Crippen molar-refractivity contribution in [1.82, 2.24) is 0 Å². The molecule has 2 heteroatoms. The molecule has 14 heavy (non-hydrogen) atoms. The zero-order valence-corrected chi connectivity index (χ0v) is 8.84. The Bertz CT molecular complexity index is 188. The lowest BCUT2D eigenvalue weighted by Crippen LogP contribution is -2.20. The first-order valence-corrected chi connectivity index (χ1v) is 5.96. The number of carbonyl (C=O) groups is 1. The highest BCUT2D eigenvalue weighted by molar-refractivity contribution is 5.81. The molecule has 0 aromatic rings. The number of Topliss-reactive ketones (excluding diaryl/α,β-unsaturated/α-hetero) is 1. The average molecular weight is 196 g/mol. The third-order valence-corrected chi connectivity index (χ3v) is 3.57. The molecule has 0 amide bonds. The lowest BCUT2D eigenvalue weighted by Gasteiger charge is -2.21. The molecule has 2 aliphatic rings. The van der Waals surface area contributed by atoms with Gasteiger partial charge in [0.05, 0.1) is 0 Å². The third-order valence-electron chi connectivity index (χ3n) is 3.57. The Kier molecular flexibility index (Phi) is 3.57. The van der Waals surface area contributed by atoms with Gasteiger partial charge >= 0.3 is 0 Å². The molecular weight excluding hydrogens is 176 g/mol. The van der Waals surface area contributed by atoms with Crippen molar-refractivity contribution < 1.29 is 9.53 Å². The predicted octanol–water partition coefficient (Wildman–Crippen LogP) is 2.56. The summed E-state index contributed by atoms with van der Waals surface area (Å²) >= 11 is 0. The Balaban J connectivity index is 1.75. The van der Waals surface area contributed by atoms with E-state index in [0.29, 0.717) is 17.6 Å². The van der Waals surface area contributed by atoms with E-state index in [9.17, 15) is 4.79 Å². The van der Waals surface area contributed by atoms with Crippen molar-refractivity contribution in [3.63, 3.8) is 0 Å². The molecule has 2 rings (SSSR count). The number of hydrogen-bond acceptors (Lipinski definition) is 2. The van der Waals surface area contributed by atoms with E-state index in [1.54, 1.807) is 0 Å². The second kappa shape index (κ2) is 4.92. The molecule has 1 aliphatic heterocycles. The second-order valence-corrected chi connectivity index (χ2v) is 4.73. The first-order chi connectivity index (χ1) is 6.86. The van der Waals surface area contributed by atoms with Gasteiger partial charge in [0.2, 0.25) is 0 Å². The summed E-state index contributed by atoms with van der Waals surface area (Å²) in [4.78, 5) is 11.9. The molecule has 0 aromatic carbocycles. The van der Waals surface area contributed by atoms with Crippen LogP contribution >= 0.6 is 0 Å². The van der Waals surface area contributed by atoms with Gasteiger partial charge in [-0.05, 0) is 25.2 Å². The summed E-state index contributed by atoms with van der Waals surface area (Å²) in [5.74, 6) is 1.44. The summed E-state index contributed by atoms with van der Waals surface area (Å²) in [6.07, 6.45) is 8.02. The van der Waals surface area contributed by atoms with Crippen LogP contribution in [0.25, 0.3) is 0 Å². The van der Waals surface area contributed by atoms with Crippen LogP contribution in [0.1, 0.15) is 44.9 Å². The lowest BCUT2D eigenvalue weighted by molar-refractivity contribution is -0.124. The van der Waals surface area contributed by atoms with Crippen molar-refractivity contribution in [2.24, 2.45) is 11.8 Å². The average Bonchev–Trinajstić information content (AvgIpc) is 2.72. The Morgan fingerprint density at radius 3 is 2.57 bits per heavy atom. The van der Waals surface area contributed by atoms with E-state index in [0.717, 1.165) is 38.9 Å². The Labute approximate surface area is 86.0 Å². The highest BCUT2D eigenvalue weighted by Gasteiger charge is 2.25. The van der Waals surface area contributed by atoms with Gasteiger partial charge in [0.1, 0.15) is 5.78 Å². The van der Waals surface area contributed by atoms with Crippen LogP contribution in [0.2, 0.25) is 0 Å². The minimum atomic E-state index is 0.393. The molecular formula is C12H20O2. The van der Waals surface area contributed by atoms with Crippen molar-refractivity contribution >= 4 is 5.78 Å². The van der Waals surface area contributed by atoms with Gasteiger partial charge in [-0.15, -0.1) is 0 Å². The topological polar surface area (TPSA) is 26.3 Å². The van der Waals surface area contributed by atoms with Crippen LogP contribution in [-0.4, -0.2) is 19.0 Å². The van der Waals surface area contributed by atoms with Crippen LogP contribution in [-0.2, 0) is 9.53 Å². The molecule has 0 spiro atoms. The fourth-order valence-corrected chi connectivity index (χ4v) is 2.62. The van der Waals surface area contributed by atoms with Crippen molar-refractivity contribution in [2.75, 3.05) is 13.2 Å². The summed E-state index contributed by atoms with van der Waals surface area (Å²) in [5.41, 5.74) is 0. The maximum absolute atomic E-state index is 11.9. The summed E-state index contributed by atoms with van der Waals surface area (Å²) in [6.45, 7) is 1.68. The maximum Gasteiger partial charge on any atom is 0.136 e. The minimum Gasteiger partial charge on any atom is -0.381 e. The predicted molar refractivity (Wildman–Crippen MR) is 55.1 cm³/mol. The second-order valence-electron chi connectivity index (χ2n) is 4.73. The molecule has 1 saturated carbocycles. The third kappa shape index (κ3) is 2.57. The Morgan fingerprint density at radius 1 is 1.14 bits per heavy atom. The lowest BCUT2D eigenvalue weighted by atomic mass is 9.83. The summed E-state index contributed by atoms with van der Waals surface area (Å²) in [5, 5.41) is 0. The number of hydrogen-bond donors (Lipinski definition) is 0. The highest BCUT2D eigenvalue weighted by atomic mass is 16.5. The molecule has 80 valence electrons. The van der Waals surface area contributed by atoms with Crippen molar-refractivity contribution in [3.8, 4) is 0 Å². The first-order valence-electron chi connectivity index (χ1n) is 5.96. The zero-order valence-electron chi connectivity index (χ0n) is 8.84. The zero-order chi connectivity index (χ0) is 9.80. The van der Waals surface area contributed by atoms with Gasteiger partial charge in [0.15, 0.2) is 0 Å². The monoisotopic (exact) mass is 196 g/mol. The van der Waals surface area contributed by atoms with E-state index >= 15 is 0 Å². The fourth-order valence-electron chi connectivity index (χ4n) is 2.62. The van der Waals surface area contributed by atoms with Gasteiger partial charge < -0.3 is 4.74 Å². The summed E-state index contributed by atoms with van der Waals surface area (Å²) in [7, 11) is 0. The molecule has 0 bridgehead atoms. The van der Waals surface area contributed by atoms with E-state index in [1.807, 2.05) is 0 Å². The summed E-state index contributed by atoms with van der Waals surface area (Å²) in [6, 6.07) is 0. The molecule has 2 fully saturated rings. The van der Waals surface area contributed by atoms with Gasteiger partial charge in [-0.2, -0.15) is 0 Å². The van der Waals surface area contributed by atoms with Crippen LogP contribution < -0.4 is 0 Å². The van der Waals surface area contributed by atoms with E-state index in [2.05, 4.69) is 0 Å². The van der Waals surface area contributed by atoms with Crippen LogP contribution in [0, 0.1) is 11.8 Å². The van der Waals surface area contributed by atoms with Gasteiger partial charge in [-0.25, -0.2) is 0 Å². The quantitative estimate of drug-likeness (QED) is 0.693. The van der Waals surface area contributed by atoms with E-state index in [-0.39, 0.29) is 0 Å². The van der Waals surface area contributed by atoms with Crippen LogP contribution in [0.3, 0.4) is 0 Å². The number of rotatable bonds is 3. The van der Waals surface area contributed by atoms with Crippen molar-refractivity contribution in [1.29, 1.82) is 0 Å². The van der Waals surface area contributed by atoms with Crippen molar-refractivity contribution in [2.45, 2.75) is 44.9 Å². The Morgan fingerprint density at radius 2 is 1.93 bits per heavy atom. The van der Waals surface area contributed by atoms with E-state index < -0.39 is 0 Å². The molecule has 1 heterocycles. The van der Waals surface area contributed by atoms with Gasteiger partial charge in [0, 0.05) is 25.6 Å². The number of ketones is 1. The van der Waals surface area contributed by atoms with E-state index in [4.69, 9.17) is 4.74 Å². The normalized spacial score (nSPS) is 29.3. The molecule has 0 N–H and O–H groups in total. The number of ether oxygens (including phenoxy) is 1. The van der Waals surface area contributed by atoms with Crippen LogP contribution in [0.4, 0.5) is 0 Å². The van der Waals surface area contributed by atoms with Gasteiger partial charge in [-0.3, -0.25) is 4.79 Å². The molecule has 0 aromatic heterocycles. The fraction of sp³-hybridized carbons (Fsp3) is 0.917. The first kappa shape index (κ1) is 10.2. The van der Waals surface area contributed by atoms with Crippen LogP contribution in [0.15, 0.2) is 0 Å². The largest absolute Gasteiger partial charge is 0.381 e. The maximum atomic E-state index is 11.9. The smallest absolute Gasteiger partial charge is 0.136 e. The van der Waals surface area contributed by atoms with Gasteiger partial charge in [0.25, 0.3) is 0 Å². The standard InChI is InChI=1S/C12H20O2/c13-12(8-10-6-7-14-9-10)11-4-2-1-3-5-11/h10-11H,1-9H2. The van der Waals surface area contributed by atoms with Crippen LogP contribution in [0.5, 0.6) is 0 Å². The molecule has 2 nitrogen and oxygen atoms in total.